The van der Waals surface area contributed by atoms with Gasteiger partial charge in [0.2, 0.25) is 5.91 Å². The van der Waals surface area contributed by atoms with Crippen LogP contribution in [0.25, 0.3) is 0 Å². The second kappa shape index (κ2) is 6.88. The monoisotopic (exact) mass is 307 g/mol. The molecule has 0 radical (unpaired) electrons. The Balaban J connectivity index is 1.89. The molecule has 2 heterocycles. The lowest BCUT2D eigenvalue weighted by molar-refractivity contribution is -0.608. The topological polar surface area (TPSA) is 117 Å². The van der Waals surface area contributed by atoms with Crippen LogP contribution < -0.4 is 10.5 Å². The molecule has 8 nitrogen and oxygen atoms in total. The predicted molar refractivity (Wildman–Crippen MR) is 74.2 cm³/mol. The van der Waals surface area contributed by atoms with Crippen LogP contribution in [0.15, 0.2) is 24.4 Å². The summed E-state index contributed by atoms with van der Waals surface area (Å²) in [5.74, 6) is -2.09. The van der Waals surface area contributed by atoms with Crippen LogP contribution in [0.2, 0.25) is 0 Å². The van der Waals surface area contributed by atoms with Gasteiger partial charge in [0.15, 0.2) is 12.8 Å². The van der Waals surface area contributed by atoms with Crippen LogP contribution in [0, 0.1) is 11.1 Å². The van der Waals surface area contributed by atoms with Gasteiger partial charge in [-0.3, -0.25) is 9.59 Å². The summed E-state index contributed by atoms with van der Waals surface area (Å²) in [6, 6.07) is 4.31. The Morgan fingerprint density at radius 1 is 1.41 bits per heavy atom. The molecule has 22 heavy (non-hydrogen) atoms. The first-order chi connectivity index (χ1) is 10.5. The lowest BCUT2D eigenvalue weighted by Crippen LogP contribution is -2.45. The number of ether oxygens (including phenoxy) is 1. The predicted octanol–water partition coefficient (Wildman–Crippen LogP) is -0.799. The van der Waals surface area contributed by atoms with E-state index in [0.717, 1.165) is 0 Å². The van der Waals surface area contributed by atoms with E-state index in [0.29, 0.717) is 24.1 Å². The molecule has 0 aliphatic carbocycles. The molecule has 1 aromatic heterocycles. The third kappa shape index (κ3) is 3.72. The van der Waals surface area contributed by atoms with E-state index in [1.807, 2.05) is 0 Å². The van der Waals surface area contributed by atoms with Crippen molar-refractivity contribution >= 4 is 17.8 Å². The molecule has 8 heteroatoms. The smallest absolute Gasteiger partial charge is 0.405 e. The summed E-state index contributed by atoms with van der Waals surface area (Å²) in [6.07, 6.45) is 2.49. The molecule has 0 saturated carbocycles. The number of hydrogen-bond acceptors (Lipinski definition) is 5. The van der Waals surface area contributed by atoms with E-state index in [9.17, 15) is 19.6 Å². The molecule has 1 saturated heterocycles. The number of likely N-dealkylation sites (tertiary alicyclic amines) is 1. The van der Waals surface area contributed by atoms with E-state index in [1.165, 1.54) is 29.3 Å². The van der Waals surface area contributed by atoms with Crippen LogP contribution in [-0.2, 0) is 14.3 Å². The summed E-state index contributed by atoms with van der Waals surface area (Å²) < 4.78 is 5.22. The molecule has 118 valence electrons. The summed E-state index contributed by atoms with van der Waals surface area (Å²) in [5.41, 5.74) is 5.05. The van der Waals surface area contributed by atoms with Crippen molar-refractivity contribution in [2.45, 2.75) is 12.8 Å². The number of carbonyl (C=O) groups is 3. The number of aromatic nitrogens is 1. The summed E-state index contributed by atoms with van der Waals surface area (Å²) in [5, 5.41) is 11.4. The molecule has 1 atom stereocenters. The van der Waals surface area contributed by atoms with Gasteiger partial charge in [-0.15, -0.1) is 0 Å². The maximum absolute atomic E-state index is 12.0. The van der Waals surface area contributed by atoms with Crippen molar-refractivity contribution in [2.24, 2.45) is 11.7 Å². The number of pyridine rings is 1. The Morgan fingerprint density at radius 3 is 2.86 bits per heavy atom. The number of piperidine rings is 1. The van der Waals surface area contributed by atoms with Gasteiger partial charge in [-0.2, -0.15) is 4.73 Å². The number of nitrogens with two attached hydrogens (primary N) is 1. The van der Waals surface area contributed by atoms with E-state index in [1.54, 1.807) is 0 Å². The van der Waals surface area contributed by atoms with Crippen LogP contribution in [0.5, 0.6) is 0 Å². The first-order valence-corrected chi connectivity index (χ1v) is 6.91. The van der Waals surface area contributed by atoms with Gasteiger partial charge in [0.05, 0.1) is 5.92 Å². The Labute approximate surface area is 127 Å². The lowest BCUT2D eigenvalue weighted by Gasteiger charge is -2.30. The quantitative estimate of drug-likeness (QED) is 0.444. The normalized spacial score (nSPS) is 17.8. The van der Waals surface area contributed by atoms with Gasteiger partial charge in [0.25, 0.3) is 5.91 Å². The lowest BCUT2D eigenvalue weighted by atomic mass is 9.97. The Kier molecular flexibility index (Phi) is 4.92. The SMILES string of the molecule is NC(=O)[C@H]1CCCN(C(=O)COC(=O)c2cccc[n+]2[O-])C1. The van der Waals surface area contributed by atoms with Crippen molar-refractivity contribution < 1.29 is 23.9 Å². The zero-order valence-electron chi connectivity index (χ0n) is 11.9. The van der Waals surface area contributed by atoms with Gasteiger partial charge in [-0.25, -0.2) is 4.79 Å². The summed E-state index contributed by atoms with van der Waals surface area (Å²) in [6.45, 7) is 0.255. The van der Waals surface area contributed by atoms with E-state index in [2.05, 4.69) is 0 Å². The standard InChI is InChI=1S/C14H17N3O5/c15-13(19)10-4-3-6-16(8-10)12(18)9-22-14(20)11-5-1-2-7-17(11)21/h1-2,5,7,10H,3-4,6,8-9H2,(H2,15,19)/t10-/m0/s1. The molecule has 0 bridgehead atoms. The van der Waals surface area contributed by atoms with Crippen molar-refractivity contribution in [3.8, 4) is 0 Å². The molecule has 2 amide bonds. The third-order valence-corrected chi connectivity index (χ3v) is 3.54. The zero-order valence-corrected chi connectivity index (χ0v) is 11.9. The molecule has 1 aromatic rings. The molecule has 0 unspecified atom stereocenters. The largest absolute Gasteiger partial charge is 0.618 e. The average molecular weight is 307 g/mol. The molecule has 1 aliphatic heterocycles. The minimum absolute atomic E-state index is 0.191. The fourth-order valence-corrected chi connectivity index (χ4v) is 2.31. The molecule has 1 fully saturated rings. The highest BCUT2D eigenvalue weighted by Gasteiger charge is 2.28. The second-order valence-corrected chi connectivity index (χ2v) is 5.07. The van der Waals surface area contributed by atoms with Crippen LogP contribution in [-0.4, -0.2) is 42.4 Å². The summed E-state index contributed by atoms with van der Waals surface area (Å²) in [4.78, 5) is 36.4. The van der Waals surface area contributed by atoms with Gasteiger partial charge < -0.3 is 20.6 Å². The van der Waals surface area contributed by atoms with Gasteiger partial charge >= 0.3 is 11.7 Å². The first-order valence-electron chi connectivity index (χ1n) is 6.91. The first kappa shape index (κ1) is 15.7. The molecule has 0 spiro atoms. The molecule has 2 rings (SSSR count). The van der Waals surface area contributed by atoms with Crippen LogP contribution >= 0.6 is 0 Å². The van der Waals surface area contributed by atoms with Crippen molar-refractivity contribution in [1.82, 2.24) is 4.90 Å². The fraction of sp³-hybridized carbons (Fsp3) is 0.429. The van der Waals surface area contributed by atoms with E-state index in [-0.39, 0.29) is 18.2 Å². The maximum atomic E-state index is 12.0. The highest BCUT2D eigenvalue weighted by molar-refractivity contribution is 5.88. The minimum atomic E-state index is -0.868. The number of carbonyl (C=O) groups excluding carboxylic acids is 3. The number of primary amides is 1. The maximum Gasteiger partial charge on any atom is 0.405 e. The molecular formula is C14H17N3O5. The van der Waals surface area contributed by atoms with Crippen molar-refractivity contribution in [1.29, 1.82) is 0 Å². The number of nitrogens with zero attached hydrogens (tertiary/aromatic N) is 2. The van der Waals surface area contributed by atoms with E-state index in [4.69, 9.17) is 10.5 Å². The molecule has 1 aliphatic rings. The second-order valence-electron chi connectivity index (χ2n) is 5.07. The number of amides is 2. The number of hydrogen-bond donors (Lipinski definition) is 1. The minimum Gasteiger partial charge on any atom is -0.618 e. The van der Waals surface area contributed by atoms with Gasteiger partial charge in [0, 0.05) is 25.2 Å². The molecule has 2 N–H and O–H groups in total. The Bertz CT molecular complexity index is 590. The highest BCUT2D eigenvalue weighted by Crippen LogP contribution is 2.16. The molecule has 0 aromatic carbocycles. The van der Waals surface area contributed by atoms with Crippen LogP contribution in [0.4, 0.5) is 0 Å². The van der Waals surface area contributed by atoms with Crippen molar-refractivity contribution in [3.63, 3.8) is 0 Å². The number of esters is 1. The van der Waals surface area contributed by atoms with Gasteiger partial charge in [-0.05, 0) is 18.9 Å². The average Bonchev–Trinajstić information content (AvgIpc) is 2.52. The van der Waals surface area contributed by atoms with Gasteiger partial charge in [0.1, 0.15) is 0 Å². The van der Waals surface area contributed by atoms with E-state index < -0.39 is 24.4 Å². The van der Waals surface area contributed by atoms with E-state index >= 15 is 0 Å². The van der Waals surface area contributed by atoms with Crippen LogP contribution in [0.3, 0.4) is 0 Å². The zero-order chi connectivity index (χ0) is 16.1. The highest BCUT2D eigenvalue weighted by atomic mass is 16.5. The summed E-state index contributed by atoms with van der Waals surface area (Å²) in [7, 11) is 0. The van der Waals surface area contributed by atoms with Crippen molar-refractivity contribution in [3.05, 3.63) is 35.3 Å². The van der Waals surface area contributed by atoms with Crippen LogP contribution in [0.1, 0.15) is 23.3 Å². The number of rotatable bonds is 4. The van der Waals surface area contributed by atoms with Crippen molar-refractivity contribution in [2.75, 3.05) is 19.7 Å². The Morgan fingerprint density at radius 2 is 2.18 bits per heavy atom. The fourth-order valence-electron chi connectivity index (χ4n) is 2.31. The third-order valence-electron chi connectivity index (χ3n) is 3.54. The summed E-state index contributed by atoms with van der Waals surface area (Å²) >= 11 is 0. The van der Waals surface area contributed by atoms with Gasteiger partial charge in [-0.1, -0.05) is 0 Å². The molecular weight excluding hydrogens is 290 g/mol. The Hall–Kier alpha value is -2.64.